The van der Waals surface area contributed by atoms with E-state index >= 15 is 0 Å². The van der Waals surface area contributed by atoms with Crippen molar-refractivity contribution in [1.82, 2.24) is 14.8 Å². The third kappa shape index (κ3) is 3.96. The Morgan fingerprint density at radius 2 is 1.75 bits per heavy atom. The van der Waals surface area contributed by atoms with Crippen LogP contribution in [0.25, 0.3) is 17.1 Å². The summed E-state index contributed by atoms with van der Waals surface area (Å²) >= 11 is 7.92. The molecule has 0 amide bonds. The quantitative estimate of drug-likeness (QED) is 0.361. The Labute approximate surface area is 172 Å². The van der Waals surface area contributed by atoms with Gasteiger partial charge in [-0.1, -0.05) is 65.3 Å². The molecule has 0 aliphatic rings. The number of benzene rings is 3. The van der Waals surface area contributed by atoms with Crippen LogP contribution in [0, 0.1) is 12.7 Å². The molecule has 0 N–H and O–H groups in total. The number of thioether (sulfide) groups is 1. The second-order valence-electron chi connectivity index (χ2n) is 6.38. The van der Waals surface area contributed by atoms with Crippen LogP contribution in [-0.4, -0.2) is 14.8 Å². The van der Waals surface area contributed by atoms with Crippen LogP contribution in [0.2, 0.25) is 5.02 Å². The zero-order valence-corrected chi connectivity index (χ0v) is 16.7. The van der Waals surface area contributed by atoms with Crippen LogP contribution >= 0.6 is 23.4 Å². The van der Waals surface area contributed by atoms with Gasteiger partial charge in [0.15, 0.2) is 11.0 Å². The number of nitrogens with zero attached hydrogens (tertiary/aromatic N) is 3. The number of halogens is 2. The molecule has 140 valence electrons. The standard InChI is InChI=1S/C22H17ClFN3S/c1-15-9-11-18(12-10-15)27-21(19-7-2-3-8-20(19)23)25-26-22(27)28-14-16-5-4-6-17(24)13-16/h2-13H,14H2,1H3. The van der Waals surface area contributed by atoms with E-state index in [2.05, 4.69) is 10.2 Å². The average Bonchev–Trinajstić information content (AvgIpc) is 3.11. The van der Waals surface area contributed by atoms with Gasteiger partial charge in [0.05, 0.1) is 5.02 Å². The fourth-order valence-corrected chi connectivity index (χ4v) is 4.00. The van der Waals surface area contributed by atoms with E-state index in [1.807, 2.05) is 66.1 Å². The van der Waals surface area contributed by atoms with Crippen molar-refractivity contribution in [1.29, 1.82) is 0 Å². The van der Waals surface area contributed by atoms with Crippen LogP contribution < -0.4 is 0 Å². The molecule has 4 rings (SSSR count). The molecule has 0 atom stereocenters. The molecular weight excluding hydrogens is 393 g/mol. The van der Waals surface area contributed by atoms with E-state index in [9.17, 15) is 4.39 Å². The van der Waals surface area contributed by atoms with Crippen LogP contribution in [0.4, 0.5) is 4.39 Å². The first-order chi connectivity index (χ1) is 13.6. The molecule has 3 aromatic carbocycles. The maximum atomic E-state index is 13.5. The highest BCUT2D eigenvalue weighted by Gasteiger charge is 2.18. The Balaban J connectivity index is 1.76. The lowest BCUT2D eigenvalue weighted by Gasteiger charge is -2.11. The predicted octanol–water partition coefficient (Wildman–Crippen LogP) is 6.33. The molecule has 0 saturated heterocycles. The molecule has 0 spiro atoms. The number of hydrogen-bond donors (Lipinski definition) is 0. The van der Waals surface area contributed by atoms with E-state index in [0.29, 0.717) is 16.6 Å². The van der Waals surface area contributed by atoms with Gasteiger partial charge in [0, 0.05) is 17.0 Å². The van der Waals surface area contributed by atoms with Crippen LogP contribution in [0.5, 0.6) is 0 Å². The van der Waals surface area contributed by atoms with Crippen LogP contribution in [0.1, 0.15) is 11.1 Å². The normalized spacial score (nSPS) is 11.0. The smallest absolute Gasteiger partial charge is 0.196 e. The van der Waals surface area contributed by atoms with E-state index in [0.717, 1.165) is 22.0 Å². The molecule has 0 radical (unpaired) electrons. The van der Waals surface area contributed by atoms with Gasteiger partial charge in [0.2, 0.25) is 0 Å². The highest BCUT2D eigenvalue weighted by atomic mass is 35.5. The minimum absolute atomic E-state index is 0.241. The van der Waals surface area contributed by atoms with Gasteiger partial charge in [-0.2, -0.15) is 0 Å². The number of aromatic nitrogens is 3. The first-order valence-electron chi connectivity index (χ1n) is 8.76. The molecule has 0 unspecified atom stereocenters. The zero-order chi connectivity index (χ0) is 19.5. The van der Waals surface area contributed by atoms with Crippen molar-refractivity contribution in [3.05, 3.63) is 94.8 Å². The lowest BCUT2D eigenvalue weighted by atomic mass is 10.2. The SMILES string of the molecule is Cc1ccc(-n2c(SCc3cccc(F)c3)nnc2-c2ccccc2Cl)cc1. The number of aryl methyl sites for hydroxylation is 1. The summed E-state index contributed by atoms with van der Waals surface area (Å²) in [7, 11) is 0. The molecule has 3 nitrogen and oxygen atoms in total. The Morgan fingerprint density at radius 3 is 2.50 bits per heavy atom. The third-order valence-electron chi connectivity index (χ3n) is 4.30. The lowest BCUT2D eigenvalue weighted by Crippen LogP contribution is -2.00. The van der Waals surface area contributed by atoms with Gasteiger partial charge >= 0.3 is 0 Å². The fraction of sp³-hybridized carbons (Fsp3) is 0.0909. The van der Waals surface area contributed by atoms with Crippen molar-refractivity contribution in [2.75, 3.05) is 0 Å². The molecule has 0 saturated carbocycles. The molecule has 28 heavy (non-hydrogen) atoms. The second kappa shape index (κ2) is 8.17. The summed E-state index contributed by atoms with van der Waals surface area (Å²) in [4.78, 5) is 0. The lowest BCUT2D eigenvalue weighted by molar-refractivity contribution is 0.626. The molecule has 1 heterocycles. The molecule has 4 aromatic rings. The van der Waals surface area contributed by atoms with E-state index in [-0.39, 0.29) is 5.82 Å². The van der Waals surface area contributed by atoms with E-state index < -0.39 is 0 Å². The predicted molar refractivity (Wildman–Crippen MR) is 113 cm³/mol. The van der Waals surface area contributed by atoms with Gasteiger partial charge in [0.1, 0.15) is 5.82 Å². The largest absolute Gasteiger partial charge is 0.270 e. The van der Waals surface area contributed by atoms with Gasteiger partial charge < -0.3 is 0 Å². The topological polar surface area (TPSA) is 30.7 Å². The molecule has 6 heteroatoms. The minimum atomic E-state index is -0.241. The summed E-state index contributed by atoms with van der Waals surface area (Å²) < 4.78 is 15.5. The summed E-state index contributed by atoms with van der Waals surface area (Å²) in [6.07, 6.45) is 0. The summed E-state index contributed by atoms with van der Waals surface area (Å²) in [5.74, 6) is 1.02. The maximum absolute atomic E-state index is 13.5. The zero-order valence-electron chi connectivity index (χ0n) is 15.1. The Bertz CT molecular complexity index is 1110. The van der Waals surface area contributed by atoms with E-state index in [4.69, 9.17) is 11.6 Å². The molecule has 0 bridgehead atoms. The van der Waals surface area contributed by atoms with Crippen molar-refractivity contribution in [3.8, 4) is 17.1 Å². The molecule has 0 aliphatic carbocycles. The van der Waals surface area contributed by atoms with Gasteiger partial charge in [-0.25, -0.2) is 4.39 Å². The van der Waals surface area contributed by atoms with Crippen LogP contribution in [0.3, 0.4) is 0 Å². The van der Waals surface area contributed by atoms with Crippen LogP contribution in [0.15, 0.2) is 78.0 Å². The van der Waals surface area contributed by atoms with Crippen molar-refractivity contribution in [2.24, 2.45) is 0 Å². The first-order valence-corrected chi connectivity index (χ1v) is 10.1. The van der Waals surface area contributed by atoms with Gasteiger partial charge in [-0.05, 0) is 48.9 Å². The van der Waals surface area contributed by atoms with Crippen molar-refractivity contribution >= 4 is 23.4 Å². The summed E-state index contributed by atoms with van der Waals surface area (Å²) in [6, 6.07) is 22.3. The molecule has 0 aliphatic heterocycles. The Kier molecular flexibility index (Phi) is 5.46. The van der Waals surface area contributed by atoms with Crippen molar-refractivity contribution < 1.29 is 4.39 Å². The number of hydrogen-bond acceptors (Lipinski definition) is 3. The van der Waals surface area contributed by atoms with Crippen LogP contribution in [-0.2, 0) is 5.75 Å². The Hall–Kier alpha value is -2.63. The van der Waals surface area contributed by atoms with Crippen molar-refractivity contribution in [3.63, 3.8) is 0 Å². The Morgan fingerprint density at radius 1 is 0.964 bits per heavy atom. The highest BCUT2D eigenvalue weighted by molar-refractivity contribution is 7.98. The fourth-order valence-electron chi connectivity index (χ4n) is 2.88. The maximum Gasteiger partial charge on any atom is 0.196 e. The van der Waals surface area contributed by atoms with Crippen molar-refractivity contribution in [2.45, 2.75) is 17.8 Å². The van der Waals surface area contributed by atoms with E-state index in [1.165, 1.54) is 29.5 Å². The highest BCUT2D eigenvalue weighted by Crippen LogP contribution is 2.33. The third-order valence-corrected chi connectivity index (χ3v) is 5.63. The first kappa shape index (κ1) is 18.7. The summed E-state index contributed by atoms with van der Waals surface area (Å²) in [5, 5.41) is 10.1. The van der Waals surface area contributed by atoms with E-state index in [1.54, 1.807) is 6.07 Å². The monoisotopic (exact) mass is 409 g/mol. The van der Waals surface area contributed by atoms with Gasteiger partial charge in [-0.15, -0.1) is 10.2 Å². The average molecular weight is 410 g/mol. The molecule has 0 fully saturated rings. The summed E-state index contributed by atoms with van der Waals surface area (Å²) in [6.45, 7) is 2.05. The second-order valence-corrected chi connectivity index (χ2v) is 7.73. The summed E-state index contributed by atoms with van der Waals surface area (Å²) in [5.41, 5.74) is 3.83. The van der Waals surface area contributed by atoms with Gasteiger partial charge in [-0.3, -0.25) is 4.57 Å². The minimum Gasteiger partial charge on any atom is -0.270 e. The molecule has 1 aromatic heterocycles. The van der Waals surface area contributed by atoms with Gasteiger partial charge in [0.25, 0.3) is 0 Å². The number of rotatable bonds is 5. The molecular formula is C22H17ClFN3S.